The number of benzene rings is 1. The van der Waals surface area contributed by atoms with Crippen LogP contribution >= 0.6 is 0 Å². The van der Waals surface area contributed by atoms with Gasteiger partial charge in [-0.1, -0.05) is 17.7 Å². The first kappa shape index (κ1) is 20.4. The van der Waals surface area contributed by atoms with Crippen molar-refractivity contribution in [3.63, 3.8) is 0 Å². The molecule has 1 aliphatic rings. The number of hydrogen-bond acceptors (Lipinski definition) is 5. The van der Waals surface area contributed by atoms with Gasteiger partial charge < -0.3 is 4.90 Å². The monoisotopic (exact) mass is 437 g/mol. The van der Waals surface area contributed by atoms with E-state index in [0.29, 0.717) is 15.1 Å². The van der Waals surface area contributed by atoms with E-state index in [0.717, 1.165) is 5.56 Å². The molecule has 0 atom stereocenters. The van der Waals surface area contributed by atoms with Crippen LogP contribution in [0, 0.1) is 6.92 Å². The van der Waals surface area contributed by atoms with Crippen LogP contribution in [-0.4, -0.2) is 44.3 Å². The summed E-state index contributed by atoms with van der Waals surface area (Å²) in [5.41, 5.74) is -0.310. The Kier molecular flexibility index (Phi) is 4.59. The molecule has 0 fully saturated rings. The fourth-order valence-electron chi connectivity index (χ4n) is 2.89. The number of sulfonamides is 1. The number of carbonyl (C=O) groups is 1. The van der Waals surface area contributed by atoms with Crippen molar-refractivity contribution in [3.8, 4) is 0 Å². The maximum absolute atomic E-state index is 12.9. The first-order valence-electron chi connectivity index (χ1n) is 7.67. The number of halogens is 3. The molecule has 1 aromatic carbocycles. The van der Waals surface area contributed by atoms with E-state index in [1.165, 1.54) is 24.3 Å². The van der Waals surface area contributed by atoms with Crippen molar-refractivity contribution in [1.82, 2.24) is 8.87 Å². The Morgan fingerprint density at radius 1 is 1.11 bits per heavy atom. The third-order valence-corrected chi connectivity index (χ3v) is 6.77. The number of alkyl halides is 3. The lowest BCUT2D eigenvalue weighted by Gasteiger charge is -2.18. The molecule has 0 saturated carbocycles. The van der Waals surface area contributed by atoms with Gasteiger partial charge in [0.2, 0.25) is 10.0 Å². The third-order valence-electron chi connectivity index (χ3n) is 4.13. The van der Waals surface area contributed by atoms with Crippen LogP contribution in [0.3, 0.4) is 0 Å². The Balaban J connectivity index is 2.21. The summed E-state index contributed by atoms with van der Waals surface area (Å²) < 4.78 is 88.0. The molecular formula is C15H14F3N3O5S2. The van der Waals surface area contributed by atoms with Gasteiger partial charge in [0.1, 0.15) is 17.1 Å². The summed E-state index contributed by atoms with van der Waals surface area (Å²) in [6.45, 7) is -0.674. The fraction of sp³-hybridized carbons (Fsp3) is 0.267. The van der Waals surface area contributed by atoms with Crippen LogP contribution in [0.25, 0.3) is 0 Å². The van der Waals surface area contributed by atoms with E-state index >= 15 is 0 Å². The summed E-state index contributed by atoms with van der Waals surface area (Å²) >= 11 is 0. The van der Waals surface area contributed by atoms with Crippen molar-refractivity contribution in [1.29, 1.82) is 0 Å². The number of carbonyl (C=O) groups excluding carboxylic acids is 1. The maximum atomic E-state index is 12.9. The number of hydrogen-bond donors (Lipinski definition) is 1. The number of rotatable bonds is 4. The standard InChI is InChI=1S/C15H14F3N3O5S2/c1-9-2-4-10(5-3-9)28(25,26)21-7-12(27(19,23)24)11-6-20(8-15(16,17)18)14(22)13(11)21/h2-5,7H,6,8H2,1H3,(H2,19,23,24). The number of nitrogens with two attached hydrogens (primary N) is 1. The molecule has 1 aliphatic heterocycles. The zero-order chi connectivity index (χ0) is 21.1. The minimum atomic E-state index is -4.75. The number of aromatic nitrogens is 1. The Labute approximate surface area is 158 Å². The highest BCUT2D eigenvalue weighted by molar-refractivity contribution is 7.90. The van der Waals surface area contributed by atoms with Crippen LogP contribution in [-0.2, 0) is 26.6 Å². The van der Waals surface area contributed by atoms with Crippen LogP contribution in [0.5, 0.6) is 0 Å². The van der Waals surface area contributed by atoms with Crippen LogP contribution < -0.4 is 5.14 Å². The van der Waals surface area contributed by atoms with E-state index in [1.54, 1.807) is 6.92 Å². The molecule has 2 heterocycles. The summed E-state index contributed by atoms with van der Waals surface area (Å²) in [5.74, 6) is -1.25. The molecule has 28 heavy (non-hydrogen) atoms. The lowest BCUT2D eigenvalue weighted by atomic mass is 10.2. The van der Waals surface area contributed by atoms with E-state index in [9.17, 15) is 34.8 Å². The van der Waals surface area contributed by atoms with Gasteiger partial charge in [-0.3, -0.25) is 4.79 Å². The normalized spacial score (nSPS) is 15.2. The molecule has 2 N–H and O–H groups in total. The highest BCUT2D eigenvalue weighted by Gasteiger charge is 2.43. The number of amides is 1. The molecule has 0 aliphatic carbocycles. The smallest absolute Gasteiger partial charge is 0.324 e. The first-order valence-corrected chi connectivity index (χ1v) is 10.7. The molecule has 1 amide bonds. The highest BCUT2D eigenvalue weighted by atomic mass is 32.2. The third kappa shape index (κ3) is 3.52. The van der Waals surface area contributed by atoms with E-state index in [4.69, 9.17) is 5.14 Å². The van der Waals surface area contributed by atoms with Crippen molar-refractivity contribution in [2.75, 3.05) is 6.54 Å². The summed E-state index contributed by atoms with van der Waals surface area (Å²) in [6.07, 6.45) is -4.10. The topological polar surface area (TPSA) is 120 Å². The lowest BCUT2D eigenvalue weighted by molar-refractivity contribution is -0.141. The van der Waals surface area contributed by atoms with Crippen LogP contribution in [0.2, 0.25) is 0 Å². The second-order valence-electron chi connectivity index (χ2n) is 6.26. The van der Waals surface area contributed by atoms with Crippen molar-refractivity contribution >= 4 is 26.0 Å². The largest absolute Gasteiger partial charge is 0.406 e. The van der Waals surface area contributed by atoms with Gasteiger partial charge in [-0.25, -0.2) is 25.9 Å². The molecule has 0 bridgehead atoms. The van der Waals surface area contributed by atoms with Gasteiger partial charge in [-0.15, -0.1) is 0 Å². The zero-order valence-electron chi connectivity index (χ0n) is 14.3. The van der Waals surface area contributed by atoms with Gasteiger partial charge in [-0.05, 0) is 19.1 Å². The van der Waals surface area contributed by atoms with Gasteiger partial charge in [-0.2, -0.15) is 13.2 Å². The molecule has 0 unspecified atom stereocenters. The molecule has 0 saturated heterocycles. The molecule has 2 aromatic rings. The Morgan fingerprint density at radius 2 is 1.68 bits per heavy atom. The fourth-order valence-corrected chi connectivity index (χ4v) is 5.09. The first-order chi connectivity index (χ1) is 12.7. The summed E-state index contributed by atoms with van der Waals surface area (Å²) in [7, 11) is -8.94. The zero-order valence-corrected chi connectivity index (χ0v) is 15.9. The van der Waals surface area contributed by atoms with Gasteiger partial charge in [0.05, 0.1) is 11.4 Å². The van der Waals surface area contributed by atoms with E-state index in [2.05, 4.69) is 0 Å². The molecule has 152 valence electrons. The van der Waals surface area contributed by atoms with Crippen LogP contribution in [0.1, 0.15) is 21.6 Å². The maximum Gasteiger partial charge on any atom is 0.406 e. The number of primary sulfonamides is 1. The minimum absolute atomic E-state index is 0.265. The molecule has 1 aromatic heterocycles. The average molecular weight is 437 g/mol. The molecule has 0 spiro atoms. The number of nitrogens with zero attached hydrogens (tertiary/aromatic N) is 2. The Hall–Kier alpha value is -2.38. The minimum Gasteiger partial charge on any atom is -0.324 e. The quantitative estimate of drug-likeness (QED) is 0.771. The van der Waals surface area contributed by atoms with Gasteiger partial charge in [0.25, 0.3) is 15.9 Å². The van der Waals surface area contributed by atoms with Crippen molar-refractivity contribution in [3.05, 3.63) is 47.3 Å². The van der Waals surface area contributed by atoms with Crippen molar-refractivity contribution < 1.29 is 34.8 Å². The number of aryl methyl sites for hydroxylation is 1. The second kappa shape index (κ2) is 6.32. The van der Waals surface area contributed by atoms with Crippen molar-refractivity contribution in [2.45, 2.75) is 29.4 Å². The number of fused-ring (bicyclic) bond motifs is 1. The summed E-state index contributed by atoms with van der Waals surface area (Å²) in [4.78, 5) is 11.8. The Morgan fingerprint density at radius 3 is 2.18 bits per heavy atom. The van der Waals surface area contributed by atoms with Crippen LogP contribution in [0.15, 0.2) is 40.3 Å². The predicted molar refractivity (Wildman–Crippen MR) is 90.4 cm³/mol. The summed E-state index contributed by atoms with van der Waals surface area (Å²) in [5, 5.41) is 5.08. The summed E-state index contributed by atoms with van der Waals surface area (Å²) in [6, 6.07) is 5.44. The predicted octanol–water partition coefficient (Wildman–Crippen LogP) is 1.20. The highest BCUT2D eigenvalue weighted by Crippen LogP contribution is 2.34. The average Bonchev–Trinajstić information content (AvgIpc) is 3.05. The molecule has 3 rings (SSSR count). The van der Waals surface area contributed by atoms with E-state index in [-0.39, 0.29) is 10.5 Å². The van der Waals surface area contributed by atoms with E-state index in [1.807, 2.05) is 0 Å². The van der Waals surface area contributed by atoms with Gasteiger partial charge in [0, 0.05) is 11.8 Å². The lowest BCUT2D eigenvalue weighted by Crippen LogP contribution is -2.35. The van der Waals surface area contributed by atoms with Gasteiger partial charge in [0.15, 0.2) is 0 Å². The van der Waals surface area contributed by atoms with Gasteiger partial charge >= 0.3 is 6.18 Å². The van der Waals surface area contributed by atoms with Crippen LogP contribution in [0.4, 0.5) is 13.2 Å². The molecule has 13 heteroatoms. The SMILES string of the molecule is Cc1ccc(S(=O)(=O)n2cc(S(N)(=O)=O)c3c2C(=O)N(CC(F)(F)F)C3)cc1. The van der Waals surface area contributed by atoms with Crippen molar-refractivity contribution in [2.24, 2.45) is 5.14 Å². The second-order valence-corrected chi connectivity index (χ2v) is 9.60. The molecular weight excluding hydrogens is 423 g/mol. The Bertz CT molecular complexity index is 1170. The molecule has 0 radical (unpaired) electrons. The van der Waals surface area contributed by atoms with E-state index < -0.39 is 55.8 Å². The molecule has 8 nitrogen and oxygen atoms in total.